The lowest BCUT2D eigenvalue weighted by atomic mass is 10.4. The first kappa shape index (κ1) is 16.9. The third-order valence-corrected chi connectivity index (χ3v) is 4.82. The second-order valence-corrected chi connectivity index (χ2v) is 6.73. The van der Waals surface area contributed by atoms with Crippen LogP contribution in [-0.4, -0.2) is 37.9 Å². The lowest BCUT2D eigenvalue weighted by Crippen LogP contribution is -2.41. The molecule has 0 aliphatic carbocycles. The maximum absolute atomic E-state index is 12.5. The van der Waals surface area contributed by atoms with E-state index in [0.29, 0.717) is 5.02 Å². The lowest BCUT2D eigenvalue weighted by molar-refractivity contribution is -0.143. The quantitative estimate of drug-likeness (QED) is 0.755. The fourth-order valence-corrected chi connectivity index (χ4v) is 3.52. The summed E-state index contributed by atoms with van der Waals surface area (Å²) in [6.45, 7) is 4.95. The molecule has 112 valence electrons. The fraction of sp³-hybridized carbons (Fsp3) is 0.462. The van der Waals surface area contributed by atoms with Gasteiger partial charge in [-0.3, -0.25) is 4.79 Å². The number of hydrogen-bond acceptors (Lipinski definition) is 4. The molecular formula is C13H18ClNO4S. The molecule has 0 atom stereocenters. The van der Waals surface area contributed by atoms with Gasteiger partial charge >= 0.3 is 5.97 Å². The molecule has 1 aromatic rings. The summed E-state index contributed by atoms with van der Waals surface area (Å²) in [5.41, 5.74) is 0. The summed E-state index contributed by atoms with van der Waals surface area (Å²) in [7, 11) is -3.79. The SMILES string of the molecule is CCOC(=O)CN(C(C)C)S(=O)(=O)c1cccc(Cl)c1. The van der Waals surface area contributed by atoms with Crippen LogP contribution in [0.2, 0.25) is 5.02 Å². The van der Waals surface area contributed by atoms with Crippen molar-refractivity contribution in [3.05, 3.63) is 29.3 Å². The van der Waals surface area contributed by atoms with Crippen molar-refractivity contribution in [2.75, 3.05) is 13.2 Å². The number of nitrogens with zero attached hydrogens (tertiary/aromatic N) is 1. The smallest absolute Gasteiger partial charge is 0.321 e. The molecule has 7 heteroatoms. The van der Waals surface area contributed by atoms with Gasteiger partial charge in [0, 0.05) is 11.1 Å². The Balaban J connectivity index is 3.10. The standard InChI is InChI=1S/C13H18ClNO4S/c1-4-19-13(16)9-15(10(2)3)20(17,18)12-7-5-6-11(14)8-12/h5-8,10H,4,9H2,1-3H3. The summed E-state index contributed by atoms with van der Waals surface area (Å²) in [5, 5.41) is 0.325. The molecule has 0 bridgehead atoms. The van der Waals surface area contributed by atoms with Crippen LogP contribution in [-0.2, 0) is 19.6 Å². The highest BCUT2D eigenvalue weighted by molar-refractivity contribution is 7.89. The van der Waals surface area contributed by atoms with Crippen molar-refractivity contribution >= 4 is 27.6 Å². The molecule has 0 aliphatic rings. The van der Waals surface area contributed by atoms with Crippen LogP contribution in [0.25, 0.3) is 0 Å². The lowest BCUT2D eigenvalue weighted by Gasteiger charge is -2.24. The van der Waals surface area contributed by atoms with E-state index in [1.807, 2.05) is 0 Å². The highest BCUT2D eigenvalue weighted by Gasteiger charge is 2.29. The number of rotatable bonds is 6. The van der Waals surface area contributed by atoms with Gasteiger partial charge in [-0.2, -0.15) is 4.31 Å². The van der Waals surface area contributed by atoms with Crippen LogP contribution < -0.4 is 0 Å². The molecule has 0 saturated heterocycles. The summed E-state index contributed by atoms with van der Waals surface area (Å²) in [5.74, 6) is -0.577. The van der Waals surface area contributed by atoms with Crippen molar-refractivity contribution < 1.29 is 17.9 Å². The highest BCUT2D eigenvalue weighted by atomic mass is 35.5. The number of halogens is 1. The van der Waals surface area contributed by atoms with Gasteiger partial charge in [-0.15, -0.1) is 0 Å². The molecule has 0 saturated carbocycles. The number of hydrogen-bond donors (Lipinski definition) is 0. The largest absolute Gasteiger partial charge is 0.465 e. The van der Waals surface area contributed by atoms with Crippen LogP contribution in [0.15, 0.2) is 29.2 Å². The van der Waals surface area contributed by atoms with Gasteiger partial charge in [-0.25, -0.2) is 8.42 Å². The molecule has 0 aromatic heterocycles. The van der Waals surface area contributed by atoms with E-state index in [1.165, 1.54) is 12.1 Å². The summed E-state index contributed by atoms with van der Waals surface area (Å²) in [6, 6.07) is 5.58. The summed E-state index contributed by atoms with van der Waals surface area (Å²) in [4.78, 5) is 11.6. The Morgan fingerprint density at radius 2 is 2.05 bits per heavy atom. The molecule has 5 nitrogen and oxygen atoms in total. The first-order valence-corrected chi connectivity index (χ1v) is 8.04. The minimum Gasteiger partial charge on any atom is -0.465 e. The first-order valence-electron chi connectivity index (χ1n) is 6.22. The molecule has 20 heavy (non-hydrogen) atoms. The Labute approximate surface area is 124 Å². The van der Waals surface area contributed by atoms with E-state index in [1.54, 1.807) is 32.9 Å². The molecule has 0 heterocycles. The molecule has 0 spiro atoms. The molecule has 0 amide bonds. The first-order chi connectivity index (χ1) is 9.28. The normalized spacial score (nSPS) is 11.9. The number of ether oxygens (including phenoxy) is 1. The van der Waals surface area contributed by atoms with E-state index in [-0.39, 0.29) is 24.1 Å². The van der Waals surface area contributed by atoms with Gasteiger partial charge in [0.15, 0.2) is 0 Å². The van der Waals surface area contributed by atoms with Crippen molar-refractivity contribution in [2.45, 2.75) is 31.7 Å². The zero-order chi connectivity index (χ0) is 15.3. The van der Waals surface area contributed by atoms with Gasteiger partial charge in [-0.05, 0) is 39.0 Å². The second kappa shape index (κ2) is 7.06. The van der Waals surface area contributed by atoms with Crippen LogP contribution >= 0.6 is 11.6 Å². The van der Waals surface area contributed by atoms with Crippen molar-refractivity contribution in [2.24, 2.45) is 0 Å². The predicted octanol–water partition coefficient (Wildman–Crippen LogP) is 2.30. The predicted molar refractivity (Wildman–Crippen MR) is 77.1 cm³/mol. The zero-order valence-corrected chi connectivity index (χ0v) is 13.2. The minimum absolute atomic E-state index is 0.0583. The number of carbonyl (C=O) groups is 1. The monoisotopic (exact) mass is 319 g/mol. The van der Waals surface area contributed by atoms with E-state index in [0.717, 1.165) is 4.31 Å². The van der Waals surface area contributed by atoms with Crippen molar-refractivity contribution in [1.29, 1.82) is 0 Å². The van der Waals surface area contributed by atoms with Crippen LogP contribution in [0.5, 0.6) is 0 Å². The van der Waals surface area contributed by atoms with Gasteiger partial charge in [0.1, 0.15) is 6.54 Å². The second-order valence-electron chi connectivity index (χ2n) is 4.41. The average Bonchev–Trinajstić information content (AvgIpc) is 2.35. The highest BCUT2D eigenvalue weighted by Crippen LogP contribution is 2.21. The van der Waals surface area contributed by atoms with Crippen LogP contribution in [0.3, 0.4) is 0 Å². The van der Waals surface area contributed by atoms with E-state index in [9.17, 15) is 13.2 Å². The fourth-order valence-electron chi connectivity index (χ4n) is 1.64. The van der Waals surface area contributed by atoms with Gasteiger partial charge in [0.2, 0.25) is 10.0 Å². The topological polar surface area (TPSA) is 63.7 Å². The van der Waals surface area contributed by atoms with Crippen LogP contribution in [0.4, 0.5) is 0 Å². The van der Waals surface area contributed by atoms with Gasteiger partial charge in [0.05, 0.1) is 11.5 Å². The molecule has 1 aromatic carbocycles. The Morgan fingerprint density at radius 1 is 1.40 bits per heavy atom. The Morgan fingerprint density at radius 3 is 2.55 bits per heavy atom. The molecule has 1 rings (SSSR count). The summed E-state index contributed by atoms with van der Waals surface area (Å²) in [6.07, 6.45) is 0. The Bertz CT molecular complexity index is 571. The number of esters is 1. The number of benzene rings is 1. The maximum atomic E-state index is 12.5. The zero-order valence-electron chi connectivity index (χ0n) is 11.7. The molecule has 0 fully saturated rings. The van der Waals surface area contributed by atoms with E-state index >= 15 is 0 Å². The summed E-state index contributed by atoms with van der Waals surface area (Å²) < 4.78 is 31.0. The van der Waals surface area contributed by atoms with Crippen molar-refractivity contribution in [1.82, 2.24) is 4.31 Å². The van der Waals surface area contributed by atoms with Gasteiger partial charge in [0.25, 0.3) is 0 Å². The molecule has 0 radical (unpaired) electrons. The molecule has 0 aliphatic heterocycles. The molecule has 0 unspecified atom stereocenters. The maximum Gasteiger partial charge on any atom is 0.321 e. The average molecular weight is 320 g/mol. The van der Waals surface area contributed by atoms with Crippen molar-refractivity contribution in [3.63, 3.8) is 0 Å². The number of carbonyl (C=O) groups excluding carboxylic acids is 1. The van der Waals surface area contributed by atoms with Crippen molar-refractivity contribution in [3.8, 4) is 0 Å². The third kappa shape index (κ3) is 4.19. The van der Waals surface area contributed by atoms with Gasteiger partial charge in [-0.1, -0.05) is 17.7 Å². The van der Waals surface area contributed by atoms with Crippen LogP contribution in [0.1, 0.15) is 20.8 Å². The van der Waals surface area contributed by atoms with E-state index in [2.05, 4.69) is 0 Å². The molecular weight excluding hydrogens is 302 g/mol. The van der Waals surface area contributed by atoms with E-state index in [4.69, 9.17) is 16.3 Å². The number of sulfonamides is 1. The minimum atomic E-state index is -3.79. The van der Waals surface area contributed by atoms with E-state index < -0.39 is 16.0 Å². The van der Waals surface area contributed by atoms with Crippen LogP contribution in [0, 0.1) is 0 Å². The molecule has 0 N–H and O–H groups in total. The summed E-state index contributed by atoms with van der Waals surface area (Å²) >= 11 is 5.82. The third-order valence-electron chi connectivity index (χ3n) is 2.57. The Hall–Kier alpha value is -1.11. The van der Waals surface area contributed by atoms with Gasteiger partial charge < -0.3 is 4.74 Å². The Kier molecular flexibility index (Phi) is 5.98.